The number of carboxylic acid groups (broad SMARTS) is 1. The maximum atomic E-state index is 12.9. The second-order valence-electron chi connectivity index (χ2n) is 6.95. The lowest BCUT2D eigenvalue weighted by Gasteiger charge is -2.14. The molecule has 1 aromatic heterocycles. The van der Waals surface area contributed by atoms with Crippen molar-refractivity contribution in [2.75, 3.05) is 4.90 Å². The molecule has 1 aliphatic heterocycles. The Kier molecular flexibility index (Phi) is 5.32. The highest BCUT2D eigenvalue weighted by Gasteiger charge is 2.33. The van der Waals surface area contributed by atoms with Crippen LogP contribution in [-0.2, 0) is 4.79 Å². The number of anilines is 1. The summed E-state index contributed by atoms with van der Waals surface area (Å²) < 4.78 is 6.32. The SMILES string of the molecule is Cc1cc(C)cc(-c2ccc(C=C3SC(=S)N(c4ccc(C(=O)O)cc4)C3=O)o2)c1. The summed E-state index contributed by atoms with van der Waals surface area (Å²) in [6, 6.07) is 15.9. The number of carbonyl (C=O) groups excluding carboxylic acids is 1. The lowest BCUT2D eigenvalue weighted by Crippen LogP contribution is -2.27. The first-order valence-electron chi connectivity index (χ1n) is 9.11. The molecule has 1 fully saturated rings. The normalized spacial score (nSPS) is 15.3. The molecule has 0 unspecified atom stereocenters. The molecule has 1 saturated heterocycles. The van der Waals surface area contributed by atoms with Crippen molar-refractivity contribution in [3.05, 3.63) is 82.0 Å². The minimum Gasteiger partial charge on any atom is -0.478 e. The number of thiocarbonyl (C=S) groups is 1. The Labute approximate surface area is 183 Å². The fraction of sp³-hybridized carbons (Fsp3) is 0.0870. The lowest BCUT2D eigenvalue weighted by molar-refractivity contribution is -0.113. The van der Waals surface area contributed by atoms with Crippen LogP contribution < -0.4 is 4.90 Å². The zero-order chi connectivity index (χ0) is 21.4. The number of aromatic carboxylic acids is 1. The summed E-state index contributed by atoms with van der Waals surface area (Å²) in [6.07, 6.45) is 1.68. The van der Waals surface area contributed by atoms with Gasteiger partial charge < -0.3 is 9.52 Å². The Morgan fingerprint density at radius 1 is 1.07 bits per heavy atom. The highest BCUT2D eigenvalue weighted by atomic mass is 32.2. The van der Waals surface area contributed by atoms with E-state index in [1.54, 1.807) is 18.2 Å². The zero-order valence-electron chi connectivity index (χ0n) is 16.2. The third-order valence-electron chi connectivity index (χ3n) is 4.57. The van der Waals surface area contributed by atoms with Crippen LogP contribution in [0.3, 0.4) is 0 Å². The number of carboxylic acids is 1. The average Bonchev–Trinajstić information content (AvgIpc) is 3.26. The first-order valence-corrected chi connectivity index (χ1v) is 10.3. The van der Waals surface area contributed by atoms with Crippen molar-refractivity contribution >= 4 is 51.9 Å². The molecule has 4 rings (SSSR count). The first-order chi connectivity index (χ1) is 14.3. The zero-order valence-corrected chi connectivity index (χ0v) is 17.8. The molecule has 150 valence electrons. The van der Waals surface area contributed by atoms with E-state index in [9.17, 15) is 9.59 Å². The van der Waals surface area contributed by atoms with Crippen molar-refractivity contribution in [1.82, 2.24) is 0 Å². The van der Waals surface area contributed by atoms with E-state index in [0.29, 0.717) is 20.7 Å². The van der Waals surface area contributed by atoms with Gasteiger partial charge in [0.2, 0.25) is 0 Å². The molecular weight excluding hydrogens is 418 g/mol. The van der Waals surface area contributed by atoms with Crippen LogP contribution in [-0.4, -0.2) is 21.3 Å². The van der Waals surface area contributed by atoms with Gasteiger partial charge in [-0.05, 0) is 62.4 Å². The Balaban J connectivity index is 1.59. The number of amides is 1. The Morgan fingerprint density at radius 3 is 2.37 bits per heavy atom. The minimum atomic E-state index is -1.02. The molecule has 0 bridgehead atoms. The molecule has 1 N–H and O–H groups in total. The van der Waals surface area contributed by atoms with E-state index in [-0.39, 0.29) is 11.5 Å². The van der Waals surface area contributed by atoms with Crippen molar-refractivity contribution in [1.29, 1.82) is 0 Å². The molecule has 3 aromatic rings. The van der Waals surface area contributed by atoms with E-state index in [2.05, 4.69) is 18.2 Å². The molecule has 30 heavy (non-hydrogen) atoms. The molecule has 0 spiro atoms. The summed E-state index contributed by atoms with van der Waals surface area (Å²) in [4.78, 5) is 25.8. The Hall–Kier alpha value is -3.16. The Bertz CT molecular complexity index is 1190. The van der Waals surface area contributed by atoms with Gasteiger partial charge in [-0.25, -0.2) is 4.79 Å². The van der Waals surface area contributed by atoms with Crippen LogP contribution in [0, 0.1) is 13.8 Å². The predicted octanol–water partition coefficient (Wildman–Crippen LogP) is 5.67. The number of rotatable bonds is 4. The number of thioether (sulfide) groups is 1. The van der Waals surface area contributed by atoms with Crippen LogP contribution in [0.2, 0.25) is 0 Å². The number of hydrogen-bond donors (Lipinski definition) is 1. The van der Waals surface area contributed by atoms with Gasteiger partial charge in [-0.15, -0.1) is 0 Å². The van der Waals surface area contributed by atoms with Crippen LogP contribution in [0.1, 0.15) is 27.2 Å². The van der Waals surface area contributed by atoms with Crippen LogP contribution in [0.4, 0.5) is 5.69 Å². The number of nitrogens with zero attached hydrogens (tertiary/aromatic N) is 1. The summed E-state index contributed by atoms with van der Waals surface area (Å²) in [5, 5.41) is 9.04. The van der Waals surface area contributed by atoms with Gasteiger partial charge in [-0.2, -0.15) is 0 Å². The number of benzene rings is 2. The smallest absolute Gasteiger partial charge is 0.335 e. The quantitative estimate of drug-likeness (QED) is 0.421. The molecule has 1 amide bonds. The second kappa shape index (κ2) is 7.93. The Morgan fingerprint density at radius 2 is 1.73 bits per heavy atom. The summed E-state index contributed by atoms with van der Waals surface area (Å²) in [5.41, 5.74) is 3.96. The van der Waals surface area contributed by atoms with Gasteiger partial charge in [-0.1, -0.05) is 41.2 Å². The van der Waals surface area contributed by atoms with E-state index in [1.807, 2.05) is 26.0 Å². The van der Waals surface area contributed by atoms with E-state index < -0.39 is 5.97 Å². The van der Waals surface area contributed by atoms with Gasteiger partial charge in [-0.3, -0.25) is 9.69 Å². The van der Waals surface area contributed by atoms with E-state index in [4.69, 9.17) is 21.7 Å². The van der Waals surface area contributed by atoms with E-state index in [1.165, 1.54) is 28.8 Å². The predicted molar refractivity (Wildman–Crippen MR) is 123 cm³/mol. The maximum absolute atomic E-state index is 12.9. The van der Waals surface area contributed by atoms with Crippen molar-refractivity contribution in [2.45, 2.75) is 13.8 Å². The number of aryl methyl sites for hydroxylation is 2. The van der Waals surface area contributed by atoms with Crippen molar-refractivity contribution in [2.24, 2.45) is 0 Å². The number of furan rings is 1. The maximum Gasteiger partial charge on any atom is 0.335 e. The van der Waals surface area contributed by atoms with Crippen LogP contribution in [0.15, 0.2) is 63.9 Å². The van der Waals surface area contributed by atoms with Crippen LogP contribution >= 0.6 is 24.0 Å². The average molecular weight is 436 g/mol. The third-order valence-corrected chi connectivity index (χ3v) is 5.87. The minimum absolute atomic E-state index is 0.147. The monoisotopic (exact) mass is 435 g/mol. The molecule has 2 aromatic carbocycles. The van der Waals surface area contributed by atoms with Gasteiger partial charge >= 0.3 is 5.97 Å². The molecule has 7 heteroatoms. The molecule has 1 aliphatic rings. The van der Waals surface area contributed by atoms with Gasteiger partial charge in [0, 0.05) is 11.6 Å². The van der Waals surface area contributed by atoms with Crippen molar-refractivity contribution in [3.8, 4) is 11.3 Å². The number of carbonyl (C=O) groups is 2. The molecule has 2 heterocycles. The van der Waals surface area contributed by atoms with Crippen LogP contribution in [0.25, 0.3) is 17.4 Å². The van der Waals surface area contributed by atoms with Crippen molar-refractivity contribution < 1.29 is 19.1 Å². The highest BCUT2D eigenvalue weighted by molar-refractivity contribution is 8.27. The fourth-order valence-corrected chi connectivity index (χ4v) is 4.55. The standard InChI is InChI=1S/C23H17NO4S2/c1-13-9-14(2)11-16(10-13)19-8-7-18(28-19)12-20-21(25)24(23(29)30-20)17-5-3-15(4-6-17)22(26)27/h3-12H,1-2H3,(H,26,27). The van der Waals surface area contributed by atoms with Gasteiger partial charge in [0.25, 0.3) is 5.91 Å². The van der Waals surface area contributed by atoms with Crippen molar-refractivity contribution in [3.63, 3.8) is 0 Å². The summed E-state index contributed by atoms with van der Waals surface area (Å²) in [6.45, 7) is 4.07. The first kappa shape index (κ1) is 20.1. The second-order valence-corrected chi connectivity index (χ2v) is 8.62. The van der Waals surface area contributed by atoms with Gasteiger partial charge in [0.05, 0.1) is 16.2 Å². The third kappa shape index (κ3) is 3.94. The number of hydrogen-bond acceptors (Lipinski definition) is 5. The highest BCUT2D eigenvalue weighted by Crippen LogP contribution is 2.36. The lowest BCUT2D eigenvalue weighted by atomic mass is 10.1. The summed E-state index contributed by atoms with van der Waals surface area (Å²) in [7, 11) is 0. The topological polar surface area (TPSA) is 70.8 Å². The molecule has 0 saturated carbocycles. The fourth-order valence-electron chi connectivity index (χ4n) is 3.28. The molecule has 0 aliphatic carbocycles. The van der Waals surface area contributed by atoms with Gasteiger partial charge in [0.15, 0.2) is 4.32 Å². The summed E-state index contributed by atoms with van der Waals surface area (Å²) in [5.74, 6) is 0.000333. The van der Waals surface area contributed by atoms with E-state index in [0.717, 1.165) is 22.5 Å². The van der Waals surface area contributed by atoms with Gasteiger partial charge in [0.1, 0.15) is 11.5 Å². The largest absolute Gasteiger partial charge is 0.478 e. The molecule has 5 nitrogen and oxygen atoms in total. The van der Waals surface area contributed by atoms with E-state index >= 15 is 0 Å². The summed E-state index contributed by atoms with van der Waals surface area (Å²) >= 11 is 6.55. The molecule has 0 radical (unpaired) electrons. The molecule has 0 atom stereocenters. The van der Waals surface area contributed by atoms with Crippen LogP contribution in [0.5, 0.6) is 0 Å². The molecular formula is C23H17NO4S2.